The number of likely N-dealkylation sites (tertiary alicyclic amines) is 1. The fraction of sp³-hybridized carbons (Fsp3) is 0.929. The Morgan fingerprint density at radius 3 is 2.78 bits per heavy atom. The van der Waals surface area contributed by atoms with Crippen molar-refractivity contribution < 1.29 is 4.79 Å². The van der Waals surface area contributed by atoms with Crippen molar-refractivity contribution in [3.63, 3.8) is 0 Å². The van der Waals surface area contributed by atoms with E-state index in [2.05, 4.69) is 36.0 Å². The van der Waals surface area contributed by atoms with Crippen LogP contribution in [0.15, 0.2) is 0 Å². The minimum absolute atomic E-state index is 0.0151. The molecule has 2 aliphatic heterocycles. The molecule has 0 aliphatic carbocycles. The molecule has 1 N–H and O–H groups in total. The zero-order valence-corrected chi connectivity index (χ0v) is 12.1. The van der Waals surface area contributed by atoms with Crippen LogP contribution in [0.2, 0.25) is 0 Å². The van der Waals surface area contributed by atoms with Gasteiger partial charge in [0.05, 0.1) is 12.2 Å². The Bertz CT molecular complexity index is 305. The number of amides is 1. The predicted molar refractivity (Wildman–Crippen MR) is 73.2 cm³/mol. The molecule has 2 saturated heterocycles. The highest BCUT2D eigenvalue weighted by Crippen LogP contribution is 2.23. The highest BCUT2D eigenvalue weighted by atomic mass is 16.2. The van der Waals surface area contributed by atoms with E-state index in [-0.39, 0.29) is 18.1 Å². The number of nitrogens with zero attached hydrogens (tertiary/aromatic N) is 2. The molecular formula is C14H27N3O. The van der Waals surface area contributed by atoms with Crippen LogP contribution in [0.3, 0.4) is 0 Å². The molecule has 18 heavy (non-hydrogen) atoms. The summed E-state index contributed by atoms with van der Waals surface area (Å²) in [5, 5.41) is 3.42. The molecular weight excluding hydrogens is 226 g/mol. The summed E-state index contributed by atoms with van der Waals surface area (Å²) in [6.45, 7) is 9.59. The van der Waals surface area contributed by atoms with Crippen molar-refractivity contribution in [3.8, 4) is 0 Å². The normalized spacial score (nSPS) is 34.6. The van der Waals surface area contributed by atoms with Crippen LogP contribution in [0, 0.1) is 11.8 Å². The van der Waals surface area contributed by atoms with Gasteiger partial charge >= 0.3 is 0 Å². The highest BCUT2D eigenvalue weighted by molar-refractivity contribution is 5.83. The largest absolute Gasteiger partial charge is 0.325 e. The zero-order valence-electron chi connectivity index (χ0n) is 12.1. The number of carbonyl (C=O) groups is 1. The predicted octanol–water partition coefficient (Wildman–Crippen LogP) is 1.13. The molecule has 0 spiro atoms. The first-order valence-electron chi connectivity index (χ1n) is 7.24. The van der Waals surface area contributed by atoms with E-state index in [1.165, 1.54) is 19.4 Å². The molecule has 1 amide bonds. The molecule has 0 radical (unpaired) electrons. The number of rotatable bonds is 3. The second-order valence-electron chi connectivity index (χ2n) is 6.34. The Kier molecular flexibility index (Phi) is 4.28. The van der Waals surface area contributed by atoms with Crippen LogP contribution in [0.25, 0.3) is 0 Å². The Balaban J connectivity index is 1.99. The van der Waals surface area contributed by atoms with Crippen molar-refractivity contribution in [1.82, 2.24) is 15.1 Å². The number of piperidine rings is 1. The quantitative estimate of drug-likeness (QED) is 0.819. The maximum absolute atomic E-state index is 12.2. The first-order chi connectivity index (χ1) is 8.49. The van der Waals surface area contributed by atoms with Crippen LogP contribution in [0.1, 0.15) is 33.6 Å². The van der Waals surface area contributed by atoms with Crippen LogP contribution in [0.4, 0.5) is 0 Å². The summed E-state index contributed by atoms with van der Waals surface area (Å²) in [5.74, 6) is 1.39. The van der Waals surface area contributed by atoms with Crippen molar-refractivity contribution >= 4 is 5.91 Å². The van der Waals surface area contributed by atoms with E-state index in [9.17, 15) is 4.79 Å². The molecule has 104 valence electrons. The number of nitrogens with one attached hydrogen (secondary N) is 1. The summed E-state index contributed by atoms with van der Waals surface area (Å²) in [5.41, 5.74) is 0. The second-order valence-corrected chi connectivity index (χ2v) is 6.34. The molecule has 3 unspecified atom stereocenters. The maximum Gasteiger partial charge on any atom is 0.240 e. The molecule has 0 aromatic carbocycles. The number of hydrogen-bond acceptors (Lipinski definition) is 3. The summed E-state index contributed by atoms with van der Waals surface area (Å²) < 4.78 is 0. The van der Waals surface area contributed by atoms with Crippen molar-refractivity contribution in [1.29, 1.82) is 0 Å². The van der Waals surface area contributed by atoms with Crippen LogP contribution < -0.4 is 5.32 Å². The van der Waals surface area contributed by atoms with E-state index in [1.54, 1.807) is 0 Å². The SMILES string of the molecule is CC1NC(C(C)C)N(CC2CCCN(C)C2)C1=O. The van der Waals surface area contributed by atoms with Gasteiger partial charge in [0.25, 0.3) is 0 Å². The molecule has 2 heterocycles. The highest BCUT2D eigenvalue weighted by Gasteiger charge is 2.38. The van der Waals surface area contributed by atoms with E-state index in [1.807, 2.05) is 6.92 Å². The molecule has 0 aromatic rings. The van der Waals surface area contributed by atoms with Crippen molar-refractivity contribution in [2.24, 2.45) is 11.8 Å². The summed E-state index contributed by atoms with van der Waals surface area (Å²) in [4.78, 5) is 16.7. The Morgan fingerprint density at radius 2 is 2.17 bits per heavy atom. The summed E-state index contributed by atoms with van der Waals surface area (Å²) >= 11 is 0. The van der Waals surface area contributed by atoms with E-state index in [0.29, 0.717) is 11.8 Å². The van der Waals surface area contributed by atoms with Crippen molar-refractivity contribution in [2.45, 2.75) is 45.8 Å². The topological polar surface area (TPSA) is 35.6 Å². The lowest BCUT2D eigenvalue weighted by Gasteiger charge is -2.35. The third kappa shape index (κ3) is 2.86. The first kappa shape index (κ1) is 13.8. The van der Waals surface area contributed by atoms with Crippen LogP contribution in [-0.2, 0) is 4.79 Å². The lowest BCUT2D eigenvalue weighted by molar-refractivity contribution is -0.131. The standard InChI is InChI=1S/C14H27N3O/c1-10(2)13-15-11(3)14(18)17(13)9-12-6-5-7-16(4)8-12/h10-13,15H,5-9H2,1-4H3. The molecule has 2 fully saturated rings. The minimum atomic E-state index is -0.0151. The molecule has 3 atom stereocenters. The molecule has 2 rings (SSSR count). The van der Waals surface area contributed by atoms with Gasteiger partial charge in [-0.25, -0.2) is 0 Å². The number of carbonyl (C=O) groups excluding carboxylic acids is 1. The first-order valence-corrected chi connectivity index (χ1v) is 7.24. The van der Waals surface area contributed by atoms with Gasteiger partial charge in [0.2, 0.25) is 5.91 Å². The van der Waals surface area contributed by atoms with Gasteiger partial charge in [-0.05, 0) is 45.2 Å². The smallest absolute Gasteiger partial charge is 0.240 e. The molecule has 2 aliphatic rings. The molecule has 0 bridgehead atoms. The molecule has 4 nitrogen and oxygen atoms in total. The van der Waals surface area contributed by atoms with Gasteiger partial charge in [-0.15, -0.1) is 0 Å². The summed E-state index contributed by atoms with van der Waals surface area (Å²) in [6, 6.07) is -0.0151. The Hall–Kier alpha value is -0.610. The third-order valence-electron chi connectivity index (χ3n) is 4.22. The van der Waals surface area contributed by atoms with Gasteiger partial charge in [0, 0.05) is 13.1 Å². The van der Waals surface area contributed by atoms with Gasteiger partial charge < -0.3 is 9.80 Å². The summed E-state index contributed by atoms with van der Waals surface area (Å²) in [6.07, 6.45) is 2.74. The van der Waals surface area contributed by atoms with Crippen LogP contribution in [-0.4, -0.2) is 54.6 Å². The van der Waals surface area contributed by atoms with Crippen molar-refractivity contribution in [3.05, 3.63) is 0 Å². The summed E-state index contributed by atoms with van der Waals surface area (Å²) in [7, 11) is 2.18. The fourth-order valence-corrected chi connectivity index (χ4v) is 3.26. The Morgan fingerprint density at radius 1 is 1.44 bits per heavy atom. The van der Waals surface area contributed by atoms with Gasteiger partial charge in [-0.2, -0.15) is 0 Å². The average molecular weight is 253 g/mol. The van der Waals surface area contributed by atoms with Gasteiger partial charge in [0.15, 0.2) is 0 Å². The lowest BCUT2D eigenvalue weighted by Crippen LogP contribution is -2.46. The van der Waals surface area contributed by atoms with Gasteiger partial charge in [0.1, 0.15) is 0 Å². The minimum Gasteiger partial charge on any atom is -0.325 e. The van der Waals surface area contributed by atoms with Gasteiger partial charge in [-0.1, -0.05) is 13.8 Å². The monoisotopic (exact) mass is 253 g/mol. The lowest BCUT2D eigenvalue weighted by atomic mass is 9.97. The van der Waals surface area contributed by atoms with E-state index in [0.717, 1.165) is 13.1 Å². The third-order valence-corrected chi connectivity index (χ3v) is 4.22. The van der Waals surface area contributed by atoms with E-state index >= 15 is 0 Å². The number of hydrogen-bond donors (Lipinski definition) is 1. The Labute approximate surface area is 111 Å². The second kappa shape index (κ2) is 5.57. The van der Waals surface area contributed by atoms with E-state index < -0.39 is 0 Å². The average Bonchev–Trinajstić information content (AvgIpc) is 2.57. The van der Waals surface area contributed by atoms with Crippen LogP contribution in [0.5, 0.6) is 0 Å². The molecule has 0 saturated carbocycles. The fourth-order valence-electron chi connectivity index (χ4n) is 3.26. The van der Waals surface area contributed by atoms with Crippen molar-refractivity contribution in [2.75, 3.05) is 26.7 Å². The maximum atomic E-state index is 12.2. The van der Waals surface area contributed by atoms with E-state index in [4.69, 9.17) is 0 Å². The molecule has 4 heteroatoms. The zero-order chi connectivity index (χ0) is 13.3. The van der Waals surface area contributed by atoms with Crippen LogP contribution >= 0.6 is 0 Å². The molecule has 0 aromatic heterocycles. The van der Waals surface area contributed by atoms with Gasteiger partial charge in [-0.3, -0.25) is 10.1 Å².